The minimum atomic E-state index is -1.33. The molecule has 0 aliphatic rings. The molecule has 7 heteroatoms. The summed E-state index contributed by atoms with van der Waals surface area (Å²) in [7, 11) is 0. The molecule has 0 aliphatic heterocycles. The van der Waals surface area contributed by atoms with E-state index in [0.717, 1.165) is 17.0 Å². The Morgan fingerprint density at radius 3 is 2.48 bits per heavy atom. The average Bonchev–Trinajstić information content (AvgIpc) is 2.73. The Morgan fingerprint density at radius 1 is 1.33 bits per heavy atom. The molecule has 1 amide bonds. The topological polar surface area (TPSA) is 78.0 Å². The summed E-state index contributed by atoms with van der Waals surface area (Å²) in [6, 6.07) is 4.55. The number of benzene rings is 1. The fourth-order valence-corrected chi connectivity index (χ4v) is 2.53. The number of halogens is 2. The summed E-state index contributed by atoms with van der Waals surface area (Å²) >= 11 is 11.7. The van der Waals surface area contributed by atoms with Crippen molar-refractivity contribution in [1.82, 2.24) is 15.5 Å². The van der Waals surface area contributed by atoms with Gasteiger partial charge < -0.3 is 10.4 Å². The zero-order chi connectivity index (χ0) is 15.6. The van der Waals surface area contributed by atoms with Crippen molar-refractivity contribution >= 4 is 29.1 Å². The molecule has 0 aliphatic carbocycles. The average molecular weight is 328 g/mol. The summed E-state index contributed by atoms with van der Waals surface area (Å²) in [4.78, 5) is 12.0. The minimum Gasteiger partial charge on any atom is -0.378 e. The molecule has 1 aromatic carbocycles. The molecular weight excluding hydrogens is 313 g/mol. The lowest BCUT2D eigenvalue weighted by Crippen LogP contribution is -2.29. The molecular formula is C14H15Cl2N3O2. The highest BCUT2D eigenvalue weighted by Crippen LogP contribution is 2.23. The number of H-pyrrole nitrogens is 1. The molecule has 0 saturated heterocycles. The van der Waals surface area contributed by atoms with Crippen LogP contribution in [-0.2, 0) is 11.3 Å². The Morgan fingerprint density at radius 2 is 1.95 bits per heavy atom. The van der Waals surface area contributed by atoms with Crippen molar-refractivity contribution in [2.24, 2.45) is 0 Å². The molecule has 1 aromatic heterocycles. The highest BCUT2D eigenvalue weighted by Gasteiger charge is 2.19. The van der Waals surface area contributed by atoms with E-state index in [2.05, 4.69) is 15.5 Å². The number of hydrogen-bond donors (Lipinski definition) is 3. The van der Waals surface area contributed by atoms with Crippen LogP contribution < -0.4 is 5.32 Å². The molecule has 2 aromatic rings. The van der Waals surface area contributed by atoms with Gasteiger partial charge in [-0.05, 0) is 37.6 Å². The van der Waals surface area contributed by atoms with E-state index in [1.807, 2.05) is 13.8 Å². The number of carbonyl (C=O) groups is 1. The van der Waals surface area contributed by atoms with E-state index < -0.39 is 12.0 Å². The Hall–Kier alpha value is -1.56. The zero-order valence-electron chi connectivity index (χ0n) is 11.6. The predicted octanol–water partition coefficient (Wildman–Crippen LogP) is 2.68. The number of aliphatic hydroxyl groups excluding tert-OH is 1. The Kier molecular flexibility index (Phi) is 4.88. The molecule has 1 heterocycles. The Labute approximate surface area is 132 Å². The number of aliphatic hydroxyl groups is 1. The molecule has 0 bridgehead atoms. The predicted molar refractivity (Wildman–Crippen MR) is 81.3 cm³/mol. The highest BCUT2D eigenvalue weighted by molar-refractivity contribution is 6.34. The van der Waals surface area contributed by atoms with Gasteiger partial charge in [-0.3, -0.25) is 9.89 Å². The first kappa shape index (κ1) is 15.8. The van der Waals surface area contributed by atoms with Crippen molar-refractivity contribution in [1.29, 1.82) is 0 Å². The van der Waals surface area contributed by atoms with Gasteiger partial charge in [0.25, 0.3) is 5.91 Å². The van der Waals surface area contributed by atoms with Crippen LogP contribution in [0.3, 0.4) is 0 Å². The van der Waals surface area contributed by atoms with Crippen LogP contribution in [0.4, 0.5) is 0 Å². The molecule has 0 fully saturated rings. The third kappa shape index (κ3) is 3.75. The Balaban J connectivity index is 2.06. The van der Waals surface area contributed by atoms with Crippen molar-refractivity contribution in [3.63, 3.8) is 0 Å². The van der Waals surface area contributed by atoms with E-state index in [1.165, 1.54) is 18.2 Å². The largest absolute Gasteiger partial charge is 0.378 e. The number of rotatable bonds is 4. The van der Waals surface area contributed by atoms with Crippen LogP contribution >= 0.6 is 23.2 Å². The molecule has 3 N–H and O–H groups in total. The first-order chi connectivity index (χ1) is 9.88. The molecule has 0 radical (unpaired) electrons. The third-order valence-electron chi connectivity index (χ3n) is 3.17. The maximum atomic E-state index is 12.0. The van der Waals surface area contributed by atoms with Gasteiger partial charge in [0.1, 0.15) is 0 Å². The summed E-state index contributed by atoms with van der Waals surface area (Å²) in [5.74, 6) is -0.520. The van der Waals surface area contributed by atoms with Crippen molar-refractivity contribution in [3.05, 3.63) is 50.8 Å². The number of nitrogens with one attached hydrogen (secondary N) is 2. The van der Waals surface area contributed by atoms with E-state index in [1.54, 1.807) is 0 Å². The number of aromatic amines is 1. The SMILES string of the molecule is Cc1n[nH]c(C)c1CNC(=O)C(O)c1cc(Cl)cc(Cl)c1. The number of nitrogens with zero attached hydrogens (tertiary/aromatic N) is 1. The second-order valence-electron chi connectivity index (χ2n) is 4.74. The third-order valence-corrected chi connectivity index (χ3v) is 3.61. The summed E-state index contributed by atoms with van der Waals surface area (Å²) in [6.07, 6.45) is -1.33. The van der Waals surface area contributed by atoms with E-state index in [9.17, 15) is 9.90 Å². The number of amides is 1. The molecule has 5 nitrogen and oxygen atoms in total. The smallest absolute Gasteiger partial charge is 0.253 e. The first-order valence-electron chi connectivity index (χ1n) is 6.30. The first-order valence-corrected chi connectivity index (χ1v) is 7.06. The molecule has 0 saturated carbocycles. The summed E-state index contributed by atoms with van der Waals surface area (Å²) < 4.78 is 0. The van der Waals surface area contributed by atoms with Gasteiger partial charge >= 0.3 is 0 Å². The molecule has 112 valence electrons. The quantitative estimate of drug-likeness (QED) is 0.807. The number of carbonyl (C=O) groups excluding carboxylic acids is 1. The molecule has 1 unspecified atom stereocenters. The van der Waals surface area contributed by atoms with Gasteiger partial charge in [-0.15, -0.1) is 0 Å². The van der Waals surface area contributed by atoms with Crippen molar-refractivity contribution in [2.75, 3.05) is 0 Å². The van der Waals surface area contributed by atoms with Crippen molar-refractivity contribution in [3.8, 4) is 0 Å². The van der Waals surface area contributed by atoms with Crippen LogP contribution in [0.25, 0.3) is 0 Å². The Bertz CT molecular complexity index is 630. The molecule has 2 rings (SSSR count). The van der Waals surface area contributed by atoms with Gasteiger partial charge in [0, 0.05) is 27.8 Å². The maximum Gasteiger partial charge on any atom is 0.253 e. The van der Waals surface area contributed by atoms with Crippen LogP contribution in [0.1, 0.15) is 28.6 Å². The van der Waals surface area contributed by atoms with Crippen LogP contribution in [0, 0.1) is 13.8 Å². The van der Waals surface area contributed by atoms with Crippen molar-refractivity contribution in [2.45, 2.75) is 26.5 Å². The number of aromatic nitrogens is 2. The molecule has 0 spiro atoms. The van der Waals surface area contributed by atoms with Crippen molar-refractivity contribution < 1.29 is 9.90 Å². The standard InChI is InChI=1S/C14H15Cl2N3O2/c1-7-12(8(2)19-18-7)6-17-14(21)13(20)9-3-10(15)5-11(16)4-9/h3-5,13,20H,6H2,1-2H3,(H,17,21)(H,18,19). The van der Waals surface area contributed by atoms with Gasteiger partial charge in [-0.25, -0.2) is 0 Å². The van der Waals surface area contributed by atoms with Crippen LogP contribution in [0.15, 0.2) is 18.2 Å². The van der Waals surface area contributed by atoms with Crippen LogP contribution in [0.5, 0.6) is 0 Å². The summed E-state index contributed by atoms with van der Waals surface area (Å²) in [5.41, 5.74) is 2.95. The van der Waals surface area contributed by atoms with Gasteiger partial charge in [0.2, 0.25) is 0 Å². The van der Waals surface area contributed by atoms with Crippen LogP contribution in [-0.4, -0.2) is 21.2 Å². The van der Waals surface area contributed by atoms with Gasteiger partial charge in [0.15, 0.2) is 6.10 Å². The second-order valence-corrected chi connectivity index (χ2v) is 5.61. The zero-order valence-corrected chi connectivity index (χ0v) is 13.1. The normalized spacial score (nSPS) is 12.2. The minimum absolute atomic E-state index is 0.290. The lowest BCUT2D eigenvalue weighted by Gasteiger charge is -2.12. The fraction of sp³-hybridized carbons (Fsp3) is 0.286. The number of hydrogen-bond acceptors (Lipinski definition) is 3. The monoisotopic (exact) mass is 327 g/mol. The van der Waals surface area contributed by atoms with E-state index >= 15 is 0 Å². The van der Waals surface area contributed by atoms with Gasteiger partial charge in [-0.2, -0.15) is 5.10 Å². The van der Waals surface area contributed by atoms with Gasteiger partial charge in [0.05, 0.1) is 5.69 Å². The molecule has 1 atom stereocenters. The van der Waals surface area contributed by atoms with E-state index in [4.69, 9.17) is 23.2 Å². The maximum absolute atomic E-state index is 12.0. The fourth-order valence-electron chi connectivity index (χ4n) is 1.99. The van der Waals surface area contributed by atoms with E-state index in [0.29, 0.717) is 22.2 Å². The summed E-state index contributed by atoms with van der Waals surface area (Å²) in [5, 5.41) is 20.3. The highest BCUT2D eigenvalue weighted by atomic mass is 35.5. The van der Waals surface area contributed by atoms with Gasteiger partial charge in [-0.1, -0.05) is 23.2 Å². The lowest BCUT2D eigenvalue weighted by molar-refractivity contribution is -0.129. The van der Waals surface area contributed by atoms with E-state index in [-0.39, 0.29) is 0 Å². The van der Waals surface area contributed by atoms with Crippen LogP contribution in [0.2, 0.25) is 10.0 Å². The number of aryl methyl sites for hydroxylation is 2. The second kappa shape index (κ2) is 6.47. The lowest BCUT2D eigenvalue weighted by atomic mass is 10.1. The summed E-state index contributed by atoms with van der Waals surface area (Å²) in [6.45, 7) is 4.01. The molecule has 21 heavy (non-hydrogen) atoms.